The molecule has 0 aliphatic carbocycles. The third-order valence-electron chi connectivity index (χ3n) is 6.06. The van der Waals surface area contributed by atoms with E-state index in [-0.39, 0.29) is 0 Å². The average Bonchev–Trinajstić information content (AvgIpc) is 2.77. The van der Waals surface area contributed by atoms with Crippen molar-refractivity contribution in [2.75, 3.05) is 13.1 Å². The largest absolute Gasteiger partial charge is 0.416 e. The number of likely N-dealkylation sites (N-methyl/N-ethyl adjacent to an activating group) is 1. The van der Waals surface area contributed by atoms with Gasteiger partial charge in [-0.05, 0) is 53.1 Å². The Balaban J connectivity index is 1.82. The lowest BCUT2D eigenvalue weighted by atomic mass is 9.89. The first-order chi connectivity index (χ1) is 14.5. The maximum absolute atomic E-state index is 13.3. The van der Waals surface area contributed by atoms with Crippen molar-refractivity contribution in [1.82, 2.24) is 9.88 Å². The minimum Gasteiger partial charge on any atom is -0.299 e. The molecule has 0 amide bonds. The van der Waals surface area contributed by atoms with Crippen LogP contribution in [0.3, 0.4) is 0 Å². The van der Waals surface area contributed by atoms with Crippen molar-refractivity contribution < 1.29 is 13.2 Å². The molecule has 1 aliphatic heterocycles. The summed E-state index contributed by atoms with van der Waals surface area (Å²) < 4.78 is 40.0. The Morgan fingerprint density at radius 3 is 2.60 bits per heavy atom. The van der Waals surface area contributed by atoms with E-state index in [4.69, 9.17) is 4.98 Å². The van der Waals surface area contributed by atoms with Gasteiger partial charge in [0.05, 0.1) is 16.8 Å². The molecule has 0 spiro atoms. The van der Waals surface area contributed by atoms with Crippen LogP contribution in [0.1, 0.15) is 23.6 Å². The normalized spacial score (nSPS) is 14.9. The van der Waals surface area contributed by atoms with Crippen molar-refractivity contribution in [2.24, 2.45) is 0 Å². The van der Waals surface area contributed by atoms with Crippen molar-refractivity contribution >= 4 is 21.7 Å². The molecule has 0 radical (unpaired) electrons. The Hall–Kier alpha value is -2.92. The topological polar surface area (TPSA) is 16.1 Å². The van der Waals surface area contributed by atoms with Gasteiger partial charge >= 0.3 is 6.18 Å². The summed E-state index contributed by atoms with van der Waals surface area (Å²) in [5, 5.41) is 3.44. The predicted molar refractivity (Wildman–Crippen MR) is 114 cm³/mol. The third kappa shape index (κ3) is 3.14. The molecule has 152 valence electrons. The maximum Gasteiger partial charge on any atom is 0.416 e. The molecule has 0 unspecified atom stereocenters. The Kier molecular flexibility index (Phi) is 4.51. The molecule has 0 bridgehead atoms. The van der Waals surface area contributed by atoms with Crippen LogP contribution in [-0.4, -0.2) is 23.0 Å². The second-order valence-corrected chi connectivity index (χ2v) is 7.80. The predicted octanol–water partition coefficient (Wildman–Crippen LogP) is 6.45. The molecule has 0 N–H and O–H groups in total. The number of halogens is 3. The van der Waals surface area contributed by atoms with E-state index >= 15 is 0 Å². The number of benzene rings is 3. The zero-order chi connectivity index (χ0) is 20.9. The number of hydrogen-bond acceptors (Lipinski definition) is 2. The molecule has 3 aromatic carbocycles. The maximum atomic E-state index is 13.3. The summed E-state index contributed by atoms with van der Waals surface area (Å²) in [6, 6.07) is 17.8. The van der Waals surface area contributed by atoms with Gasteiger partial charge in [0.2, 0.25) is 0 Å². The number of nitrogens with zero attached hydrogens (tertiary/aromatic N) is 2. The van der Waals surface area contributed by atoms with Crippen LogP contribution in [0.2, 0.25) is 0 Å². The van der Waals surface area contributed by atoms with E-state index in [9.17, 15) is 13.2 Å². The second-order valence-electron chi connectivity index (χ2n) is 7.80. The highest BCUT2D eigenvalue weighted by atomic mass is 19.4. The van der Waals surface area contributed by atoms with Crippen molar-refractivity contribution in [3.05, 3.63) is 77.4 Å². The van der Waals surface area contributed by atoms with Crippen LogP contribution in [0.4, 0.5) is 13.2 Å². The SMILES string of the molecule is CCN1CCc2c(c(-c3cccc(C(F)(F)F)c3)nc3ccc4ccccc4c23)C1. The lowest BCUT2D eigenvalue weighted by molar-refractivity contribution is -0.137. The number of aromatic nitrogens is 1. The molecule has 2 heterocycles. The molecule has 2 nitrogen and oxygen atoms in total. The highest BCUT2D eigenvalue weighted by Gasteiger charge is 2.31. The molecular formula is C25H21F3N2. The van der Waals surface area contributed by atoms with Gasteiger partial charge in [0.1, 0.15) is 0 Å². The average molecular weight is 406 g/mol. The fourth-order valence-electron chi connectivity index (χ4n) is 4.52. The minimum atomic E-state index is -4.38. The van der Waals surface area contributed by atoms with Crippen molar-refractivity contribution in [3.8, 4) is 11.3 Å². The molecule has 1 aromatic heterocycles. The van der Waals surface area contributed by atoms with Crippen LogP contribution in [0.15, 0.2) is 60.7 Å². The first kappa shape index (κ1) is 19.1. The summed E-state index contributed by atoms with van der Waals surface area (Å²) in [4.78, 5) is 7.22. The van der Waals surface area contributed by atoms with Crippen LogP contribution >= 0.6 is 0 Å². The van der Waals surface area contributed by atoms with E-state index in [1.165, 1.54) is 17.7 Å². The van der Waals surface area contributed by atoms with Crippen molar-refractivity contribution in [1.29, 1.82) is 0 Å². The fourth-order valence-corrected chi connectivity index (χ4v) is 4.52. The number of alkyl halides is 3. The van der Waals surface area contributed by atoms with Gasteiger partial charge in [-0.1, -0.05) is 49.4 Å². The summed E-state index contributed by atoms with van der Waals surface area (Å²) in [6.45, 7) is 4.64. The lowest BCUT2D eigenvalue weighted by Crippen LogP contribution is -2.31. The smallest absolute Gasteiger partial charge is 0.299 e. The highest BCUT2D eigenvalue weighted by molar-refractivity contribution is 6.09. The molecule has 0 atom stereocenters. The van der Waals surface area contributed by atoms with Gasteiger partial charge in [0.15, 0.2) is 0 Å². The molecule has 1 aliphatic rings. The summed E-state index contributed by atoms with van der Waals surface area (Å²) >= 11 is 0. The Morgan fingerprint density at radius 2 is 1.80 bits per heavy atom. The zero-order valence-corrected chi connectivity index (χ0v) is 16.6. The van der Waals surface area contributed by atoms with Gasteiger partial charge in [0.25, 0.3) is 0 Å². The van der Waals surface area contributed by atoms with Gasteiger partial charge in [-0.15, -0.1) is 0 Å². The van der Waals surface area contributed by atoms with E-state index in [1.807, 2.05) is 24.3 Å². The van der Waals surface area contributed by atoms with E-state index in [1.54, 1.807) is 6.07 Å². The number of rotatable bonds is 2. The second kappa shape index (κ2) is 7.10. The monoisotopic (exact) mass is 406 g/mol. The zero-order valence-electron chi connectivity index (χ0n) is 16.6. The minimum absolute atomic E-state index is 0.522. The molecule has 0 saturated heterocycles. The summed E-state index contributed by atoms with van der Waals surface area (Å²) in [7, 11) is 0. The molecular weight excluding hydrogens is 385 g/mol. The molecule has 4 aromatic rings. The number of fused-ring (bicyclic) bond motifs is 5. The van der Waals surface area contributed by atoms with Crippen LogP contribution in [0, 0.1) is 0 Å². The van der Waals surface area contributed by atoms with Gasteiger partial charge in [-0.3, -0.25) is 4.90 Å². The standard InChI is InChI=1S/C25H21F3N2/c1-2-30-13-12-20-21(15-30)24(17-7-5-8-18(14-17)25(26,27)28)29-22-11-10-16-6-3-4-9-19(16)23(20)22/h3-11,14H,2,12-13,15H2,1H3. The first-order valence-corrected chi connectivity index (χ1v) is 10.2. The Bertz CT molecular complexity index is 1260. The van der Waals surface area contributed by atoms with Gasteiger partial charge < -0.3 is 0 Å². The number of hydrogen-bond donors (Lipinski definition) is 0. The molecule has 30 heavy (non-hydrogen) atoms. The van der Waals surface area contributed by atoms with Crippen molar-refractivity contribution in [2.45, 2.75) is 26.1 Å². The highest BCUT2D eigenvalue weighted by Crippen LogP contribution is 2.38. The van der Waals surface area contributed by atoms with Crippen LogP contribution in [0.25, 0.3) is 32.9 Å². The fraction of sp³-hybridized carbons (Fsp3) is 0.240. The third-order valence-corrected chi connectivity index (χ3v) is 6.06. The Labute approximate surface area is 173 Å². The molecule has 5 rings (SSSR count). The van der Waals surface area contributed by atoms with Crippen LogP contribution in [-0.2, 0) is 19.1 Å². The number of pyridine rings is 1. The van der Waals surface area contributed by atoms with E-state index in [2.05, 4.69) is 24.0 Å². The quantitative estimate of drug-likeness (QED) is 0.356. The first-order valence-electron chi connectivity index (χ1n) is 10.2. The van der Waals surface area contributed by atoms with E-state index in [0.29, 0.717) is 17.8 Å². The summed E-state index contributed by atoms with van der Waals surface area (Å²) in [6.07, 6.45) is -3.51. The summed E-state index contributed by atoms with van der Waals surface area (Å²) in [5.74, 6) is 0. The van der Waals surface area contributed by atoms with Crippen molar-refractivity contribution in [3.63, 3.8) is 0 Å². The van der Waals surface area contributed by atoms with Gasteiger partial charge in [-0.25, -0.2) is 4.98 Å². The van der Waals surface area contributed by atoms with E-state index in [0.717, 1.165) is 52.8 Å². The van der Waals surface area contributed by atoms with Crippen LogP contribution in [0.5, 0.6) is 0 Å². The molecule has 0 fully saturated rings. The molecule has 0 saturated carbocycles. The lowest BCUT2D eigenvalue weighted by Gasteiger charge is -2.30. The Morgan fingerprint density at radius 1 is 0.967 bits per heavy atom. The summed E-state index contributed by atoms with van der Waals surface area (Å²) in [5.41, 5.74) is 3.65. The van der Waals surface area contributed by atoms with E-state index < -0.39 is 11.7 Å². The van der Waals surface area contributed by atoms with Gasteiger partial charge in [-0.2, -0.15) is 13.2 Å². The van der Waals surface area contributed by atoms with Crippen LogP contribution < -0.4 is 0 Å². The molecule has 5 heteroatoms. The van der Waals surface area contributed by atoms with Gasteiger partial charge in [0, 0.05) is 24.0 Å².